The summed E-state index contributed by atoms with van der Waals surface area (Å²) in [6, 6.07) is 1.35. The number of aryl methyl sites for hydroxylation is 1. The SMILES string of the molecule is CCc1cc(C(F)(F)F)c(OC)c(C(F)(F)F)c1. The maximum Gasteiger partial charge on any atom is 0.419 e. The molecule has 0 radical (unpaired) electrons. The molecule has 0 saturated heterocycles. The van der Waals surface area contributed by atoms with Gasteiger partial charge in [0.05, 0.1) is 18.2 Å². The van der Waals surface area contributed by atoms with E-state index in [0.29, 0.717) is 12.1 Å². The Labute approximate surface area is 99.4 Å². The van der Waals surface area contributed by atoms with E-state index < -0.39 is 29.2 Å². The molecule has 0 amide bonds. The minimum absolute atomic E-state index is 0.0459. The van der Waals surface area contributed by atoms with Crippen LogP contribution in [-0.4, -0.2) is 7.11 Å². The number of alkyl halides is 6. The Bertz CT molecular complexity index is 397. The van der Waals surface area contributed by atoms with Crippen LogP contribution in [0.2, 0.25) is 0 Å². The predicted octanol–water partition coefficient (Wildman–Crippen LogP) is 4.30. The topological polar surface area (TPSA) is 9.23 Å². The van der Waals surface area contributed by atoms with Gasteiger partial charge in [0.25, 0.3) is 0 Å². The van der Waals surface area contributed by atoms with Crippen LogP contribution in [0.15, 0.2) is 12.1 Å². The van der Waals surface area contributed by atoms with E-state index in [1.807, 2.05) is 0 Å². The average Bonchev–Trinajstić information content (AvgIpc) is 2.24. The molecule has 0 aliphatic heterocycles. The largest absolute Gasteiger partial charge is 0.495 e. The monoisotopic (exact) mass is 272 g/mol. The molecule has 102 valence electrons. The first kappa shape index (κ1) is 14.7. The van der Waals surface area contributed by atoms with Gasteiger partial charge in [-0.3, -0.25) is 0 Å². The third-order valence-electron chi connectivity index (χ3n) is 2.37. The Balaban J connectivity index is 3.61. The molecule has 0 spiro atoms. The van der Waals surface area contributed by atoms with Gasteiger partial charge in [0.1, 0.15) is 5.75 Å². The lowest BCUT2D eigenvalue weighted by Crippen LogP contribution is -2.15. The van der Waals surface area contributed by atoms with Crippen molar-refractivity contribution in [3.8, 4) is 5.75 Å². The number of hydrogen-bond donors (Lipinski definition) is 0. The standard InChI is InChI=1S/C11H10F6O/c1-3-6-4-7(10(12,13)14)9(18-2)8(5-6)11(15,16)17/h4-5H,3H2,1-2H3. The van der Waals surface area contributed by atoms with Gasteiger partial charge < -0.3 is 4.74 Å². The predicted molar refractivity (Wildman–Crippen MR) is 52.4 cm³/mol. The minimum Gasteiger partial charge on any atom is -0.495 e. The fraction of sp³-hybridized carbons (Fsp3) is 0.455. The molecular weight excluding hydrogens is 262 g/mol. The fourth-order valence-electron chi connectivity index (χ4n) is 1.53. The van der Waals surface area contributed by atoms with Crippen LogP contribution in [0, 0.1) is 0 Å². The van der Waals surface area contributed by atoms with E-state index in [4.69, 9.17) is 0 Å². The van der Waals surface area contributed by atoms with Gasteiger partial charge in [0.2, 0.25) is 0 Å². The van der Waals surface area contributed by atoms with Crippen molar-refractivity contribution in [2.45, 2.75) is 25.7 Å². The molecule has 7 heteroatoms. The lowest BCUT2D eigenvalue weighted by molar-refractivity contribution is -0.145. The third kappa shape index (κ3) is 2.88. The molecule has 1 aromatic rings. The number of methoxy groups -OCH3 is 1. The van der Waals surface area contributed by atoms with Crippen LogP contribution in [0.4, 0.5) is 26.3 Å². The Kier molecular flexibility index (Phi) is 3.83. The molecule has 0 fully saturated rings. The van der Waals surface area contributed by atoms with Crippen LogP contribution >= 0.6 is 0 Å². The van der Waals surface area contributed by atoms with Crippen molar-refractivity contribution in [3.63, 3.8) is 0 Å². The minimum atomic E-state index is -4.89. The third-order valence-corrected chi connectivity index (χ3v) is 2.37. The normalized spacial score (nSPS) is 12.7. The summed E-state index contributed by atoms with van der Waals surface area (Å²) in [7, 11) is 0.783. The van der Waals surface area contributed by atoms with Crippen molar-refractivity contribution in [1.29, 1.82) is 0 Å². The molecule has 0 saturated carbocycles. The quantitative estimate of drug-likeness (QED) is 0.729. The Morgan fingerprint density at radius 3 is 1.56 bits per heavy atom. The summed E-state index contributed by atoms with van der Waals surface area (Å²) >= 11 is 0. The number of benzene rings is 1. The van der Waals surface area contributed by atoms with E-state index in [0.717, 1.165) is 7.11 Å². The highest BCUT2D eigenvalue weighted by Gasteiger charge is 2.42. The smallest absolute Gasteiger partial charge is 0.419 e. The summed E-state index contributed by atoms with van der Waals surface area (Å²) in [5.41, 5.74) is -2.86. The van der Waals surface area contributed by atoms with E-state index in [9.17, 15) is 26.3 Å². The van der Waals surface area contributed by atoms with E-state index >= 15 is 0 Å². The van der Waals surface area contributed by atoms with E-state index in [1.165, 1.54) is 6.92 Å². The average molecular weight is 272 g/mol. The highest BCUT2D eigenvalue weighted by atomic mass is 19.4. The summed E-state index contributed by atoms with van der Waals surface area (Å²) in [5.74, 6) is -1.19. The maximum absolute atomic E-state index is 12.7. The highest BCUT2D eigenvalue weighted by Crippen LogP contribution is 2.44. The van der Waals surface area contributed by atoms with Crippen LogP contribution in [-0.2, 0) is 18.8 Å². The zero-order valence-corrected chi connectivity index (χ0v) is 9.54. The number of ether oxygens (including phenoxy) is 1. The van der Waals surface area contributed by atoms with Crippen LogP contribution in [0.5, 0.6) is 5.75 Å². The fourth-order valence-corrected chi connectivity index (χ4v) is 1.53. The first-order chi connectivity index (χ1) is 8.11. The second-order valence-corrected chi connectivity index (χ2v) is 3.57. The maximum atomic E-state index is 12.7. The molecule has 0 atom stereocenters. The van der Waals surface area contributed by atoms with Gasteiger partial charge in [0, 0.05) is 0 Å². The summed E-state index contributed by atoms with van der Waals surface area (Å²) in [6.07, 6.45) is -9.72. The zero-order chi connectivity index (χ0) is 14.1. The lowest BCUT2D eigenvalue weighted by Gasteiger charge is -2.18. The van der Waals surface area contributed by atoms with Crippen molar-refractivity contribution < 1.29 is 31.1 Å². The van der Waals surface area contributed by atoms with Crippen LogP contribution < -0.4 is 4.74 Å². The van der Waals surface area contributed by atoms with E-state index in [1.54, 1.807) is 0 Å². The molecule has 18 heavy (non-hydrogen) atoms. The number of hydrogen-bond acceptors (Lipinski definition) is 1. The van der Waals surface area contributed by atoms with Crippen molar-refractivity contribution in [3.05, 3.63) is 28.8 Å². The van der Waals surface area contributed by atoms with Gasteiger partial charge in [-0.25, -0.2) is 0 Å². The van der Waals surface area contributed by atoms with Crippen molar-refractivity contribution >= 4 is 0 Å². The van der Waals surface area contributed by atoms with E-state index in [-0.39, 0.29) is 12.0 Å². The summed E-state index contributed by atoms with van der Waals surface area (Å²) in [5, 5.41) is 0. The second-order valence-electron chi connectivity index (χ2n) is 3.57. The van der Waals surface area contributed by atoms with Gasteiger partial charge in [-0.15, -0.1) is 0 Å². The number of halogens is 6. The van der Waals surface area contributed by atoms with Gasteiger partial charge in [-0.1, -0.05) is 6.92 Å². The van der Waals surface area contributed by atoms with E-state index in [2.05, 4.69) is 4.74 Å². The second kappa shape index (κ2) is 4.70. The zero-order valence-electron chi connectivity index (χ0n) is 9.54. The van der Waals surface area contributed by atoms with Crippen molar-refractivity contribution in [2.24, 2.45) is 0 Å². The van der Waals surface area contributed by atoms with Crippen LogP contribution in [0.25, 0.3) is 0 Å². The molecule has 0 heterocycles. The first-order valence-electron chi connectivity index (χ1n) is 4.96. The Morgan fingerprint density at radius 1 is 0.944 bits per heavy atom. The summed E-state index contributed by atoms with van der Waals surface area (Å²) in [6.45, 7) is 1.47. The Hall–Kier alpha value is -1.40. The van der Waals surface area contributed by atoms with Crippen LogP contribution in [0.1, 0.15) is 23.6 Å². The first-order valence-corrected chi connectivity index (χ1v) is 4.96. The summed E-state index contributed by atoms with van der Waals surface area (Å²) in [4.78, 5) is 0. The molecule has 1 aromatic carbocycles. The highest BCUT2D eigenvalue weighted by molar-refractivity contribution is 5.47. The lowest BCUT2D eigenvalue weighted by atomic mass is 10.0. The summed E-state index contributed by atoms with van der Waals surface area (Å²) < 4.78 is 80.3. The van der Waals surface area contributed by atoms with Gasteiger partial charge in [-0.2, -0.15) is 26.3 Å². The van der Waals surface area contributed by atoms with Crippen molar-refractivity contribution in [2.75, 3.05) is 7.11 Å². The van der Waals surface area contributed by atoms with Gasteiger partial charge >= 0.3 is 12.4 Å². The molecule has 0 aliphatic rings. The molecule has 0 bridgehead atoms. The molecule has 1 rings (SSSR count). The Morgan fingerprint density at radius 2 is 1.33 bits per heavy atom. The molecule has 0 N–H and O–H groups in total. The van der Waals surface area contributed by atoms with Crippen LogP contribution in [0.3, 0.4) is 0 Å². The van der Waals surface area contributed by atoms with Gasteiger partial charge in [0.15, 0.2) is 0 Å². The molecule has 0 aliphatic carbocycles. The number of rotatable bonds is 2. The van der Waals surface area contributed by atoms with Gasteiger partial charge in [-0.05, 0) is 24.1 Å². The molecule has 0 aromatic heterocycles. The van der Waals surface area contributed by atoms with Crippen molar-refractivity contribution in [1.82, 2.24) is 0 Å². The molecule has 0 unspecified atom stereocenters. The molecule has 1 nitrogen and oxygen atoms in total. The molecular formula is C11H10F6O.